The summed E-state index contributed by atoms with van der Waals surface area (Å²) >= 11 is 0. The van der Waals surface area contributed by atoms with E-state index in [-0.39, 0.29) is 17.2 Å². The lowest BCUT2D eigenvalue weighted by Crippen LogP contribution is -2.29. The van der Waals surface area contributed by atoms with Crippen LogP contribution in [0.25, 0.3) is 5.76 Å². The van der Waals surface area contributed by atoms with Crippen LogP contribution < -0.4 is 14.4 Å². The van der Waals surface area contributed by atoms with Gasteiger partial charge in [-0.2, -0.15) is 0 Å². The van der Waals surface area contributed by atoms with Gasteiger partial charge >= 0.3 is 5.91 Å². The highest BCUT2D eigenvalue weighted by atomic mass is 16.5. The topological polar surface area (TPSA) is 102 Å². The number of anilines is 1. The summed E-state index contributed by atoms with van der Waals surface area (Å²) in [6.45, 7) is 8.35. The summed E-state index contributed by atoms with van der Waals surface area (Å²) in [4.78, 5) is 27.6. The highest BCUT2D eigenvalue weighted by molar-refractivity contribution is 6.51. The van der Waals surface area contributed by atoms with Crippen molar-refractivity contribution < 1.29 is 28.7 Å². The van der Waals surface area contributed by atoms with Crippen molar-refractivity contribution in [2.75, 3.05) is 18.1 Å². The van der Waals surface area contributed by atoms with Crippen molar-refractivity contribution in [3.05, 3.63) is 89.7 Å². The number of ketones is 1. The number of carbonyl (C=O) groups excluding carboxylic acids is 2. The molecule has 1 saturated heterocycles. The van der Waals surface area contributed by atoms with E-state index in [1.54, 1.807) is 67.6 Å². The van der Waals surface area contributed by atoms with E-state index in [4.69, 9.17) is 14.0 Å². The van der Waals surface area contributed by atoms with Crippen LogP contribution in [0.15, 0.2) is 77.3 Å². The zero-order valence-electron chi connectivity index (χ0n) is 20.3. The van der Waals surface area contributed by atoms with E-state index >= 15 is 0 Å². The van der Waals surface area contributed by atoms with Crippen molar-refractivity contribution in [3.8, 4) is 11.5 Å². The maximum atomic E-state index is 13.2. The Bertz CT molecular complexity index is 1270. The molecule has 186 valence electrons. The zero-order chi connectivity index (χ0) is 25.7. The second-order valence-electron chi connectivity index (χ2n) is 8.36. The van der Waals surface area contributed by atoms with E-state index in [1.165, 1.54) is 4.90 Å². The maximum absolute atomic E-state index is 13.2. The summed E-state index contributed by atoms with van der Waals surface area (Å²) in [5, 5.41) is 15.2. The van der Waals surface area contributed by atoms with Crippen LogP contribution in [0.3, 0.4) is 0 Å². The van der Waals surface area contributed by atoms with Crippen molar-refractivity contribution in [1.29, 1.82) is 0 Å². The molecule has 1 atom stereocenters. The Morgan fingerprint density at radius 2 is 1.78 bits per heavy atom. The summed E-state index contributed by atoms with van der Waals surface area (Å²) in [5.41, 5.74) is 0.949. The van der Waals surface area contributed by atoms with Crippen molar-refractivity contribution in [2.24, 2.45) is 0 Å². The summed E-state index contributed by atoms with van der Waals surface area (Å²) in [6, 6.07) is 14.4. The van der Waals surface area contributed by atoms with Crippen LogP contribution >= 0.6 is 0 Å². The number of nitrogens with zero attached hydrogens (tertiary/aromatic N) is 2. The quantitative estimate of drug-likeness (QED) is 0.135. The summed E-state index contributed by atoms with van der Waals surface area (Å²) in [6.07, 6.45) is 3.59. The first-order valence-corrected chi connectivity index (χ1v) is 11.8. The third-order valence-electron chi connectivity index (χ3n) is 5.76. The highest BCUT2D eigenvalue weighted by Crippen LogP contribution is 2.42. The first-order chi connectivity index (χ1) is 17.4. The lowest BCUT2D eigenvalue weighted by atomic mass is 9.95. The number of rotatable bonds is 10. The molecular weight excluding hydrogens is 460 g/mol. The molecule has 0 bridgehead atoms. The number of amides is 1. The van der Waals surface area contributed by atoms with Crippen LogP contribution in [-0.4, -0.2) is 35.2 Å². The first kappa shape index (κ1) is 24.8. The number of carbonyl (C=O) groups is 2. The number of hydrogen-bond donors (Lipinski definition) is 1. The van der Waals surface area contributed by atoms with Gasteiger partial charge in [0, 0.05) is 11.6 Å². The van der Waals surface area contributed by atoms with Gasteiger partial charge in [0.2, 0.25) is 0 Å². The number of unbranched alkanes of at least 4 members (excludes halogenated alkanes) is 1. The number of Topliss-reactive ketones (excluding diaryl/α,β-unsaturated/α-hetero) is 1. The molecule has 3 aromatic rings. The predicted molar refractivity (Wildman–Crippen MR) is 135 cm³/mol. The molecule has 1 N–H and O–H groups in total. The van der Waals surface area contributed by atoms with Gasteiger partial charge in [-0.25, -0.2) is 0 Å². The molecule has 1 fully saturated rings. The van der Waals surface area contributed by atoms with Gasteiger partial charge in [-0.15, -0.1) is 0 Å². The Morgan fingerprint density at radius 3 is 2.39 bits per heavy atom. The molecule has 1 aliphatic heterocycles. The van der Waals surface area contributed by atoms with Gasteiger partial charge in [0.25, 0.3) is 5.78 Å². The van der Waals surface area contributed by atoms with Gasteiger partial charge in [-0.1, -0.05) is 43.3 Å². The Morgan fingerprint density at radius 1 is 1.11 bits per heavy atom. The van der Waals surface area contributed by atoms with E-state index in [2.05, 4.69) is 18.7 Å². The van der Waals surface area contributed by atoms with Crippen LogP contribution in [0.2, 0.25) is 0 Å². The van der Waals surface area contributed by atoms with Crippen LogP contribution in [0, 0.1) is 6.92 Å². The molecule has 1 aromatic heterocycles. The number of hydrogen-bond acceptors (Lipinski definition) is 7. The third kappa shape index (κ3) is 5.02. The number of aliphatic hydroxyl groups is 1. The van der Waals surface area contributed by atoms with Crippen molar-refractivity contribution in [2.45, 2.75) is 32.7 Å². The highest BCUT2D eigenvalue weighted by Gasteiger charge is 2.48. The molecule has 0 spiro atoms. The molecule has 1 aliphatic rings. The molecule has 1 unspecified atom stereocenters. The molecule has 2 aromatic carbocycles. The molecule has 2 heterocycles. The molecule has 8 heteroatoms. The third-order valence-corrected chi connectivity index (χ3v) is 5.76. The van der Waals surface area contributed by atoms with Crippen LogP contribution in [-0.2, 0) is 9.59 Å². The molecule has 0 radical (unpaired) electrons. The Kier molecular flexibility index (Phi) is 7.53. The molecule has 8 nitrogen and oxygen atoms in total. The summed E-state index contributed by atoms with van der Waals surface area (Å²) in [5.74, 6) is 0.0300. The number of aromatic nitrogens is 1. The van der Waals surface area contributed by atoms with E-state index in [9.17, 15) is 14.7 Å². The SMILES string of the molecule is C=CCOc1ccc(C2/C(=C(/O)c3ccc(OCCCC)cc3)C(=O)C(=O)N2c2cc(C)on2)cc1. The second kappa shape index (κ2) is 10.9. The van der Waals surface area contributed by atoms with Crippen molar-refractivity contribution in [3.63, 3.8) is 0 Å². The van der Waals surface area contributed by atoms with Crippen LogP contribution in [0.5, 0.6) is 11.5 Å². The number of ether oxygens (including phenoxy) is 2. The molecule has 0 aliphatic carbocycles. The molecular formula is C28H28N2O6. The van der Waals surface area contributed by atoms with Crippen molar-refractivity contribution in [1.82, 2.24) is 5.16 Å². The zero-order valence-corrected chi connectivity index (χ0v) is 20.3. The van der Waals surface area contributed by atoms with Gasteiger partial charge in [-0.05, 0) is 55.3 Å². The normalized spacial score (nSPS) is 16.8. The Labute approximate surface area is 209 Å². The van der Waals surface area contributed by atoms with Crippen LogP contribution in [0.4, 0.5) is 5.82 Å². The molecule has 4 rings (SSSR count). The van der Waals surface area contributed by atoms with E-state index in [0.29, 0.717) is 41.6 Å². The van der Waals surface area contributed by atoms with E-state index in [1.807, 2.05) is 0 Å². The lowest BCUT2D eigenvalue weighted by Gasteiger charge is -2.23. The molecule has 36 heavy (non-hydrogen) atoms. The Balaban J connectivity index is 1.76. The fourth-order valence-corrected chi connectivity index (χ4v) is 3.95. The summed E-state index contributed by atoms with van der Waals surface area (Å²) < 4.78 is 16.4. The molecule has 1 amide bonds. The monoisotopic (exact) mass is 488 g/mol. The van der Waals surface area contributed by atoms with Crippen molar-refractivity contribution >= 4 is 23.3 Å². The van der Waals surface area contributed by atoms with Gasteiger partial charge in [0.1, 0.15) is 29.6 Å². The lowest BCUT2D eigenvalue weighted by molar-refractivity contribution is -0.132. The Hall–Kier alpha value is -4.33. The van der Waals surface area contributed by atoms with Gasteiger partial charge in [-0.3, -0.25) is 14.5 Å². The minimum absolute atomic E-state index is 0.0416. The van der Waals surface area contributed by atoms with Crippen LogP contribution in [0.1, 0.15) is 42.7 Å². The second-order valence-corrected chi connectivity index (χ2v) is 8.36. The largest absolute Gasteiger partial charge is 0.507 e. The maximum Gasteiger partial charge on any atom is 0.301 e. The van der Waals surface area contributed by atoms with Gasteiger partial charge in [0.05, 0.1) is 18.2 Å². The summed E-state index contributed by atoms with van der Waals surface area (Å²) in [7, 11) is 0. The minimum Gasteiger partial charge on any atom is -0.507 e. The fraction of sp³-hybridized carbons (Fsp3) is 0.250. The first-order valence-electron chi connectivity index (χ1n) is 11.8. The number of aryl methyl sites for hydroxylation is 1. The number of aliphatic hydroxyl groups excluding tert-OH is 1. The molecule has 0 saturated carbocycles. The van der Waals surface area contributed by atoms with E-state index in [0.717, 1.165) is 12.8 Å². The van der Waals surface area contributed by atoms with Gasteiger partial charge in [0.15, 0.2) is 5.82 Å². The fourth-order valence-electron chi connectivity index (χ4n) is 3.95. The average molecular weight is 489 g/mol. The van der Waals surface area contributed by atoms with Gasteiger partial charge < -0.3 is 19.1 Å². The average Bonchev–Trinajstić information content (AvgIpc) is 3.43. The standard InChI is InChI=1S/C28H28N2O6/c1-4-6-16-35-22-13-9-20(10-14-22)26(31)24-25(19-7-11-21(12-8-19)34-15-5-2)30(28(33)27(24)32)23-17-18(3)36-29-23/h5,7-14,17,25,31H,2,4,6,15-16H2,1,3H3/b26-24-. The predicted octanol–water partition coefficient (Wildman–Crippen LogP) is 5.35. The minimum atomic E-state index is -0.913. The smallest absolute Gasteiger partial charge is 0.301 e. The number of benzene rings is 2. The van der Waals surface area contributed by atoms with E-state index < -0.39 is 17.7 Å².